The third-order valence-electron chi connectivity index (χ3n) is 4.46. The first kappa shape index (κ1) is 20.4. The third-order valence-corrected chi connectivity index (χ3v) is 7.19. The number of aromatic nitrogens is 1. The molecular weight excluding hydrogens is 424 g/mol. The first-order chi connectivity index (χ1) is 14.2. The van der Waals surface area contributed by atoms with E-state index in [9.17, 15) is 4.79 Å². The Kier molecular flexibility index (Phi) is 6.84. The first-order valence-corrected chi connectivity index (χ1v) is 12.6. The van der Waals surface area contributed by atoms with Crippen LogP contribution in [0.1, 0.15) is 12.8 Å². The van der Waals surface area contributed by atoms with Crippen molar-refractivity contribution in [2.45, 2.75) is 24.3 Å². The fourth-order valence-electron chi connectivity index (χ4n) is 3.04. The molecule has 0 unspecified atom stereocenters. The highest BCUT2D eigenvalue weighted by molar-refractivity contribution is 7.99. The standard InChI is InChI=1S/C21H22N2O3S3/c1-27-11-9-23-16-12-17-18(26-14-25-17)13-19(16)29-21(23)22-20(24)8-5-10-28-15-6-3-2-4-7-15/h2-4,6-7,12-13H,5,8-11,14H2,1H3. The molecule has 0 atom stereocenters. The Morgan fingerprint density at radius 1 is 1.17 bits per heavy atom. The van der Waals surface area contributed by atoms with Gasteiger partial charge in [0.1, 0.15) is 0 Å². The Hall–Kier alpha value is -1.90. The minimum Gasteiger partial charge on any atom is -0.454 e. The van der Waals surface area contributed by atoms with Crippen molar-refractivity contribution >= 4 is 51.0 Å². The summed E-state index contributed by atoms with van der Waals surface area (Å²) in [5.74, 6) is 3.31. The number of amides is 1. The van der Waals surface area contributed by atoms with Gasteiger partial charge in [0, 0.05) is 35.7 Å². The molecule has 2 aromatic carbocycles. The van der Waals surface area contributed by atoms with E-state index in [0.717, 1.165) is 51.0 Å². The quantitative estimate of drug-likeness (QED) is 0.368. The van der Waals surface area contributed by atoms with Gasteiger partial charge >= 0.3 is 0 Å². The predicted molar refractivity (Wildman–Crippen MR) is 121 cm³/mol. The molecule has 1 aromatic heterocycles. The van der Waals surface area contributed by atoms with E-state index in [-0.39, 0.29) is 12.7 Å². The second-order valence-corrected chi connectivity index (χ2v) is 9.64. The van der Waals surface area contributed by atoms with E-state index >= 15 is 0 Å². The fourth-order valence-corrected chi connectivity index (χ4v) is 5.36. The van der Waals surface area contributed by atoms with E-state index in [2.05, 4.69) is 27.9 Å². The summed E-state index contributed by atoms with van der Waals surface area (Å²) >= 11 is 5.08. The smallest absolute Gasteiger partial charge is 0.248 e. The van der Waals surface area contributed by atoms with Gasteiger partial charge in [0.25, 0.3) is 0 Å². The van der Waals surface area contributed by atoms with Crippen LogP contribution in [0.3, 0.4) is 0 Å². The lowest BCUT2D eigenvalue weighted by Gasteiger charge is -2.04. The minimum atomic E-state index is -0.0665. The van der Waals surface area contributed by atoms with Crippen LogP contribution >= 0.6 is 34.9 Å². The van der Waals surface area contributed by atoms with Gasteiger partial charge in [-0.05, 0) is 30.6 Å². The number of carbonyl (C=O) groups is 1. The number of carbonyl (C=O) groups excluding carboxylic acids is 1. The summed E-state index contributed by atoms with van der Waals surface area (Å²) in [7, 11) is 0. The van der Waals surface area contributed by atoms with Crippen LogP contribution < -0.4 is 14.3 Å². The molecule has 1 aliphatic rings. The Balaban J connectivity index is 1.49. The Bertz CT molecular complexity index is 1060. The maximum atomic E-state index is 12.5. The topological polar surface area (TPSA) is 52.8 Å². The molecule has 0 saturated carbocycles. The number of nitrogens with zero attached hydrogens (tertiary/aromatic N) is 2. The van der Waals surface area contributed by atoms with Crippen molar-refractivity contribution < 1.29 is 14.3 Å². The maximum absolute atomic E-state index is 12.5. The number of thioether (sulfide) groups is 2. The highest BCUT2D eigenvalue weighted by atomic mass is 32.2. The van der Waals surface area contributed by atoms with E-state index in [1.54, 1.807) is 23.5 Å². The molecule has 0 saturated heterocycles. The van der Waals surface area contributed by atoms with Crippen molar-refractivity contribution in [2.24, 2.45) is 4.99 Å². The zero-order chi connectivity index (χ0) is 20.1. The molecule has 1 aliphatic heterocycles. The monoisotopic (exact) mass is 446 g/mol. The molecule has 0 spiro atoms. The molecule has 2 heterocycles. The molecule has 0 radical (unpaired) electrons. The van der Waals surface area contributed by atoms with Gasteiger partial charge in [-0.25, -0.2) is 0 Å². The molecule has 0 fully saturated rings. The van der Waals surface area contributed by atoms with E-state index in [1.165, 1.54) is 16.2 Å². The van der Waals surface area contributed by atoms with Crippen molar-refractivity contribution in [1.29, 1.82) is 0 Å². The molecule has 3 aromatic rings. The normalized spacial score (nSPS) is 13.3. The van der Waals surface area contributed by atoms with Crippen molar-refractivity contribution in [1.82, 2.24) is 4.57 Å². The number of hydrogen-bond donors (Lipinski definition) is 0. The predicted octanol–water partition coefficient (Wildman–Crippen LogP) is 4.79. The number of fused-ring (bicyclic) bond motifs is 2. The van der Waals surface area contributed by atoms with Gasteiger partial charge in [0.15, 0.2) is 16.3 Å². The fraction of sp³-hybridized carbons (Fsp3) is 0.333. The molecular formula is C21H22N2O3S3. The molecule has 0 N–H and O–H groups in total. The lowest BCUT2D eigenvalue weighted by atomic mass is 10.3. The lowest BCUT2D eigenvalue weighted by Crippen LogP contribution is -2.18. The van der Waals surface area contributed by atoms with Crippen LogP contribution in [-0.2, 0) is 11.3 Å². The molecule has 5 nitrogen and oxygen atoms in total. The molecule has 8 heteroatoms. The molecule has 29 heavy (non-hydrogen) atoms. The van der Waals surface area contributed by atoms with Crippen molar-refractivity contribution in [2.75, 3.05) is 24.6 Å². The second-order valence-electron chi connectivity index (χ2n) is 6.47. The number of rotatable bonds is 8. The molecule has 0 aliphatic carbocycles. The van der Waals surface area contributed by atoms with Crippen LogP contribution in [0, 0.1) is 0 Å². The zero-order valence-corrected chi connectivity index (χ0v) is 18.6. The van der Waals surface area contributed by atoms with Gasteiger partial charge in [-0.2, -0.15) is 16.8 Å². The Morgan fingerprint density at radius 2 is 1.97 bits per heavy atom. The van der Waals surface area contributed by atoms with Gasteiger partial charge in [0.2, 0.25) is 12.7 Å². The molecule has 1 amide bonds. The third kappa shape index (κ3) is 4.99. The van der Waals surface area contributed by atoms with Crippen molar-refractivity contribution in [3.05, 3.63) is 47.3 Å². The average molecular weight is 447 g/mol. The summed E-state index contributed by atoms with van der Waals surface area (Å²) in [5.41, 5.74) is 1.04. The van der Waals surface area contributed by atoms with Gasteiger partial charge in [0.05, 0.1) is 10.2 Å². The van der Waals surface area contributed by atoms with Gasteiger partial charge in [-0.3, -0.25) is 4.79 Å². The van der Waals surface area contributed by atoms with Gasteiger partial charge in [-0.1, -0.05) is 29.5 Å². The zero-order valence-electron chi connectivity index (χ0n) is 16.1. The summed E-state index contributed by atoms with van der Waals surface area (Å²) in [6.07, 6.45) is 3.35. The van der Waals surface area contributed by atoms with Crippen LogP contribution in [-0.4, -0.2) is 35.0 Å². The van der Waals surface area contributed by atoms with Crippen LogP contribution in [0.5, 0.6) is 11.5 Å². The number of hydrogen-bond acceptors (Lipinski definition) is 6. The number of aryl methyl sites for hydroxylation is 1. The highest BCUT2D eigenvalue weighted by Crippen LogP contribution is 2.37. The van der Waals surface area contributed by atoms with E-state index in [4.69, 9.17) is 9.47 Å². The molecule has 0 bridgehead atoms. The van der Waals surface area contributed by atoms with E-state index < -0.39 is 0 Å². The van der Waals surface area contributed by atoms with Crippen LogP contribution in [0.2, 0.25) is 0 Å². The number of ether oxygens (including phenoxy) is 2. The summed E-state index contributed by atoms with van der Waals surface area (Å²) in [4.78, 5) is 18.9. The first-order valence-electron chi connectivity index (χ1n) is 9.42. The Morgan fingerprint density at radius 3 is 2.76 bits per heavy atom. The van der Waals surface area contributed by atoms with Crippen LogP contribution in [0.25, 0.3) is 10.2 Å². The SMILES string of the molecule is CSCCn1c(=NC(=O)CCCSc2ccccc2)sc2cc3c(cc21)OCO3. The van der Waals surface area contributed by atoms with E-state index in [1.807, 2.05) is 30.3 Å². The lowest BCUT2D eigenvalue weighted by molar-refractivity contribution is -0.118. The largest absolute Gasteiger partial charge is 0.454 e. The molecule has 4 rings (SSSR count). The summed E-state index contributed by atoms with van der Waals surface area (Å²) in [6, 6.07) is 14.2. The summed E-state index contributed by atoms with van der Waals surface area (Å²) in [5, 5.41) is 0. The summed E-state index contributed by atoms with van der Waals surface area (Å²) in [6.45, 7) is 1.06. The Labute approximate surface area is 182 Å². The van der Waals surface area contributed by atoms with Gasteiger partial charge in [-0.15, -0.1) is 11.8 Å². The van der Waals surface area contributed by atoms with Gasteiger partial charge < -0.3 is 14.0 Å². The van der Waals surface area contributed by atoms with E-state index in [0.29, 0.717) is 6.42 Å². The van der Waals surface area contributed by atoms with Crippen LogP contribution in [0.15, 0.2) is 52.4 Å². The number of benzene rings is 2. The number of thiazole rings is 1. The van der Waals surface area contributed by atoms with Crippen molar-refractivity contribution in [3.8, 4) is 11.5 Å². The molecule has 152 valence electrons. The van der Waals surface area contributed by atoms with Crippen LogP contribution in [0.4, 0.5) is 0 Å². The maximum Gasteiger partial charge on any atom is 0.248 e. The highest BCUT2D eigenvalue weighted by Gasteiger charge is 2.17. The summed E-state index contributed by atoms with van der Waals surface area (Å²) < 4.78 is 14.2. The minimum absolute atomic E-state index is 0.0665. The van der Waals surface area contributed by atoms with Crippen molar-refractivity contribution in [3.63, 3.8) is 0 Å². The average Bonchev–Trinajstić information content (AvgIpc) is 3.32. The second kappa shape index (κ2) is 9.73.